The summed E-state index contributed by atoms with van der Waals surface area (Å²) < 4.78 is 25.8. The van der Waals surface area contributed by atoms with Crippen LogP contribution in [0.1, 0.15) is 13.8 Å². The standard InChI is InChI=1S/C16H26O13/c1-5(19)25-13-8(4-18)28-16(11(23)14(13)26-6(2)20)29-12-7(3-17)27-15(24)10(22)9(12)21/h7-18,21-24H,3-4H2,1-2H3/t7-,8-,9-,10-,11-,12-,13-,14-,15-,16+/m1/s1. The van der Waals surface area contributed by atoms with Gasteiger partial charge in [0.25, 0.3) is 0 Å². The van der Waals surface area contributed by atoms with E-state index in [9.17, 15) is 40.2 Å². The van der Waals surface area contributed by atoms with Crippen molar-refractivity contribution >= 4 is 11.9 Å². The van der Waals surface area contributed by atoms with Gasteiger partial charge in [-0.15, -0.1) is 0 Å². The molecule has 2 aliphatic heterocycles. The van der Waals surface area contributed by atoms with Crippen LogP contribution < -0.4 is 0 Å². The molecule has 2 heterocycles. The lowest BCUT2D eigenvalue weighted by Crippen LogP contribution is -2.65. The largest absolute Gasteiger partial charge is 0.456 e. The lowest BCUT2D eigenvalue weighted by Gasteiger charge is -2.46. The minimum absolute atomic E-state index is 0.712. The number of hydrogen-bond acceptors (Lipinski definition) is 13. The van der Waals surface area contributed by atoms with Crippen LogP contribution in [0.25, 0.3) is 0 Å². The van der Waals surface area contributed by atoms with E-state index in [1.165, 1.54) is 0 Å². The van der Waals surface area contributed by atoms with Gasteiger partial charge in [0, 0.05) is 13.8 Å². The molecule has 2 saturated heterocycles. The number of ether oxygens (including phenoxy) is 5. The zero-order valence-electron chi connectivity index (χ0n) is 15.7. The molecule has 10 atom stereocenters. The molecule has 0 aromatic rings. The molecule has 0 aliphatic carbocycles. The van der Waals surface area contributed by atoms with Crippen molar-refractivity contribution in [3.8, 4) is 0 Å². The Kier molecular flexibility index (Phi) is 8.28. The highest BCUT2D eigenvalue weighted by molar-refractivity contribution is 5.67. The van der Waals surface area contributed by atoms with Gasteiger partial charge in [-0.2, -0.15) is 0 Å². The Labute approximate surface area is 165 Å². The quantitative estimate of drug-likeness (QED) is 0.223. The second kappa shape index (κ2) is 10.1. The number of aliphatic hydroxyl groups is 6. The molecule has 13 heteroatoms. The SMILES string of the molecule is CC(=O)O[C@@H]1[C@@H](O)[C@H](O[C@H]2[C@H](O)[C@@H](O)[C@H](O)O[C@@H]2CO)O[C@H](CO)[C@H]1OC(C)=O. The Bertz CT molecular complexity index is 569. The van der Waals surface area contributed by atoms with Gasteiger partial charge in [-0.3, -0.25) is 9.59 Å². The van der Waals surface area contributed by atoms with Gasteiger partial charge in [0.15, 0.2) is 24.8 Å². The summed E-state index contributed by atoms with van der Waals surface area (Å²) in [6, 6.07) is 0. The van der Waals surface area contributed by atoms with Crippen LogP contribution in [-0.2, 0) is 33.3 Å². The molecular formula is C16H26O13. The number of hydrogen-bond donors (Lipinski definition) is 6. The van der Waals surface area contributed by atoms with Gasteiger partial charge < -0.3 is 54.3 Å². The first-order valence-corrected chi connectivity index (χ1v) is 8.85. The predicted octanol–water partition coefficient (Wildman–Crippen LogP) is -4.26. The Balaban J connectivity index is 2.25. The van der Waals surface area contributed by atoms with Gasteiger partial charge >= 0.3 is 11.9 Å². The van der Waals surface area contributed by atoms with E-state index in [2.05, 4.69) is 0 Å². The van der Waals surface area contributed by atoms with Crippen LogP contribution in [0.15, 0.2) is 0 Å². The number of esters is 2. The summed E-state index contributed by atoms with van der Waals surface area (Å²) in [4.78, 5) is 22.8. The highest BCUT2D eigenvalue weighted by Crippen LogP contribution is 2.31. The van der Waals surface area contributed by atoms with Crippen molar-refractivity contribution in [3.05, 3.63) is 0 Å². The molecule has 6 N–H and O–H groups in total. The average Bonchev–Trinajstić information content (AvgIpc) is 2.65. The third-order valence-corrected chi connectivity index (χ3v) is 4.53. The Hall–Kier alpha value is -1.42. The molecule has 168 valence electrons. The topological polar surface area (TPSA) is 202 Å². The van der Waals surface area contributed by atoms with E-state index in [1.807, 2.05) is 0 Å². The predicted molar refractivity (Wildman–Crippen MR) is 87.7 cm³/mol. The van der Waals surface area contributed by atoms with E-state index in [1.54, 1.807) is 0 Å². The highest BCUT2D eigenvalue weighted by atomic mass is 16.7. The molecular weight excluding hydrogens is 400 g/mol. The van der Waals surface area contributed by atoms with E-state index in [4.69, 9.17) is 23.7 Å². The number of carbonyl (C=O) groups excluding carboxylic acids is 2. The Morgan fingerprint density at radius 2 is 1.28 bits per heavy atom. The molecule has 0 radical (unpaired) electrons. The highest BCUT2D eigenvalue weighted by Gasteiger charge is 2.53. The maximum atomic E-state index is 11.4. The number of carbonyl (C=O) groups is 2. The van der Waals surface area contributed by atoms with E-state index in [0.717, 1.165) is 13.8 Å². The van der Waals surface area contributed by atoms with Crippen molar-refractivity contribution in [2.45, 2.75) is 75.3 Å². The lowest BCUT2D eigenvalue weighted by atomic mass is 9.96. The Morgan fingerprint density at radius 3 is 1.79 bits per heavy atom. The fourth-order valence-electron chi connectivity index (χ4n) is 3.20. The third-order valence-electron chi connectivity index (χ3n) is 4.53. The first kappa shape index (κ1) is 23.9. The van der Waals surface area contributed by atoms with Crippen molar-refractivity contribution < 1.29 is 63.9 Å². The van der Waals surface area contributed by atoms with Crippen LogP contribution in [0.3, 0.4) is 0 Å². The van der Waals surface area contributed by atoms with Gasteiger partial charge in [-0.05, 0) is 0 Å². The van der Waals surface area contributed by atoms with Crippen LogP contribution in [0.4, 0.5) is 0 Å². The van der Waals surface area contributed by atoms with Crippen LogP contribution in [0, 0.1) is 0 Å². The van der Waals surface area contributed by atoms with E-state index in [-0.39, 0.29) is 0 Å². The van der Waals surface area contributed by atoms with Gasteiger partial charge in [-0.1, -0.05) is 0 Å². The van der Waals surface area contributed by atoms with Gasteiger partial charge in [0.1, 0.15) is 36.6 Å². The van der Waals surface area contributed by atoms with Gasteiger partial charge in [0.2, 0.25) is 0 Å². The smallest absolute Gasteiger partial charge is 0.303 e. The molecule has 2 aliphatic rings. The van der Waals surface area contributed by atoms with Crippen LogP contribution in [0.2, 0.25) is 0 Å². The molecule has 0 spiro atoms. The molecule has 0 amide bonds. The summed E-state index contributed by atoms with van der Waals surface area (Å²) in [6.45, 7) is 0.690. The van der Waals surface area contributed by atoms with Crippen molar-refractivity contribution in [3.63, 3.8) is 0 Å². The van der Waals surface area contributed by atoms with E-state index >= 15 is 0 Å². The molecule has 0 bridgehead atoms. The maximum absolute atomic E-state index is 11.4. The summed E-state index contributed by atoms with van der Waals surface area (Å²) >= 11 is 0. The van der Waals surface area contributed by atoms with Crippen molar-refractivity contribution in [1.82, 2.24) is 0 Å². The molecule has 0 aromatic heterocycles. The molecule has 2 rings (SSSR count). The first-order chi connectivity index (χ1) is 13.6. The lowest BCUT2D eigenvalue weighted by molar-refractivity contribution is -0.355. The van der Waals surface area contributed by atoms with Crippen LogP contribution >= 0.6 is 0 Å². The summed E-state index contributed by atoms with van der Waals surface area (Å²) in [7, 11) is 0. The van der Waals surface area contributed by atoms with Gasteiger partial charge in [-0.25, -0.2) is 0 Å². The molecule has 0 unspecified atom stereocenters. The summed E-state index contributed by atoms with van der Waals surface area (Å²) in [5.74, 6) is -1.61. The molecule has 13 nitrogen and oxygen atoms in total. The minimum atomic E-state index is -1.79. The zero-order chi connectivity index (χ0) is 21.9. The van der Waals surface area contributed by atoms with Crippen molar-refractivity contribution in [1.29, 1.82) is 0 Å². The second-order valence-corrected chi connectivity index (χ2v) is 6.69. The summed E-state index contributed by atoms with van der Waals surface area (Å²) in [5, 5.41) is 59.1. The summed E-state index contributed by atoms with van der Waals surface area (Å²) in [5.41, 5.74) is 0. The Morgan fingerprint density at radius 1 is 0.759 bits per heavy atom. The fraction of sp³-hybridized carbons (Fsp3) is 0.875. The third kappa shape index (κ3) is 5.39. The monoisotopic (exact) mass is 426 g/mol. The molecule has 2 fully saturated rings. The normalized spacial score (nSPS) is 42.9. The van der Waals surface area contributed by atoms with Crippen LogP contribution in [-0.4, -0.2) is 117 Å². The fourth-order valence-corrected chi connectivity index (χ4v) is 3.20. The second-order valence-electron chi connectivity index (χ2n) is 6.69. The van der Waals surface area contributed by atoms with E-state index in [0.29, 0.717) is 0 Å². The molecule has 0 aromatic carbocycles. The molecule has 29 heavy (non-hydrogen) atoms. The first-order valence-electron chi connectivity index (χ1n) is 8.85. The van der Waals surface area contributed by atoms with Gasteiger partial charge in [0.05, 0.1) is 13.2 Å². The van der Waals surface area contributed by atoms with E-state index < -0.39 is 86.6 Å². The maximum Gasteiger partial charge on any atom is 0.303 e. The zero-order valence-corrected chi connectivity index (χ0v) is 15.7. The van der Waals surface area contributed by atoms with Crippen molar-refractivity contribution in [2.75, 3.05) is 13.2 Å². The number of aliphatic hydroxyl groups excluding tert-OH is 6. The minimum Gasteiger partial charge on any atom is -0.456 e. The summed E-state index contributed by atoms with van der Waals surface area (Å²) in [6.07, 6.45) is -15.6. The van der Waals surface area contributed by atoms with Crippen molar-refractivity contribution in [2.24, 2.45) is 0 Å². The van der Waals surface area contributed by atoms with Crippen LogP contribution in [0.5, 0.6) is 0 Å². The molecule has 0 saturated carbocycles. The average molecular weight is 426 g/mol. The number of rotatable bonds is 6.